The molecule has 0 amide bonds. The smallest absolute Gasteiger partial charge is 0.306 e. The topological polar surface area (TPSA) is 78.9 Å². The Morgan fingerprint density at radius 1 is 0.282 bits per heavy atom. The largest absolute Gasteiger partial charge is 0.462 e. The maximum Gasteiger partial charge on any atom is 0.306 e. The van der Waals surface area contributed by atoms with Gasteiger partial charge in [-0.25, -0.2) is 0 Å². The molecule has 0 unspecified atom stereocenters. The van der Waals surface area contributed by atoms with Gasteiger partial charge >= 0.3 is 17.9 Å². The van der Waals surface area contributed by atoms with Crippen molar-refractivity contribution in [1.29, 1.82) is 0 Å². The molecule has 0 fully saturated rings. The number of unbranched alkanes of at least 4 members (excludes halogenated alkanes) is 20. The molecule has 402 valence electrons. The summed E-state index contributed by atoms with van der Waals surface area (Å²) in [5.74, 6) is -1.10. The van der Waals surface area contributed by atoms with Crippen LogP contribution >= 0.6 is 0 Å². The minimum absolute atomic E-state index is 0.131. The normalized spacial score (nSPS) is 13.0. The van der Waals surface area contributed by atoms with Crippen LogP contribution in [0.25, 0.3) is 0 Å². The van der Waals surface area contributed by atoms with Gasteiger partial charge < -0.3 is 14.2 Å². The van der Waals surface area contributed by atoms with Crippen LogP contribution in [0.2, 0.25) is 0 Å². The lowest BCUT2D eigenvalue weighted by Crippen LogP contribution is -2.30. The first-order valence-electron chi connectivity index (χ1n) is 29.0. The third kappa shape index (κ3) is 56.6. The van der Waals surface area contributed by atoms with Crippen molar-refractivity contribution in [2.45, 2.75) is 258 Å². The maximum atomic E-state index is 12.8. The molecule has 0 saturated heterocycles. The van der Waals surface area contributed by atoms with Crippen LogP contribution in [0.1, 0.15) is 252 Å². The molecule has 0 aliphatic rings. The van der Waals surface area contributed by atoms with E-state index < -0.39 is 12.1 Å². The van der Waals surface area contributed by atoms with E-state index in [1.165, 1.54) is 128 Å². The van der Waals surface area contributed by atoms with Gasteiger partial charge in [0.2, 0.25) is 0 Å². The summed E-state index contributed by atoms with van der Waals surface area (Å²) in [6.07, 6.45) is 80.7. The lowest BCUT2D eigenvalue weighted by Gasteiger charge is -2.18. The summed E-state index contributed by atoms with van der Waals surface area (Å²) in [6.45, 7) is 6.46. The molecule has 0 N–H and O–H groups in total. The van der Waals surface area contributed by atoms with Gasteiger partial charge in [0.25, 0.3) is 0 Å². The minimum Gasteiger partial charge on any atom is -0.462 e. The van der Waals surface area contributed by atoms with Crippen LogP contribution in [0.15, 0.2) is 122 Å². The highest BCUT2D eigenvalue weighted by Crippen LogP contribution is 2.15. The molecule has 6 nitrogen and oxygen atoms in total. The van der Waals surface area contributed by atoms with Crippen LogP contribution < -0.4 is 0 Å². The highest BCUT2D eigenvalue weighted by atomic mass is 16.6. The van der Waals surface area contributed by atoms with Crippen LogP contribution in [0, 0.1) is 0 Å². The summed E-state index contributed by atoms with van der Waals surface area (Å²) < 4.78 is 16.7. The standard InChI is InChI=1S/C65H106O6/c1-4-7-10-13-16-19-22-25-28-30-32-34-37-40-43-46-49-52-55-58-64(67)70-61-62(60-69-63(66)57-54-51-48-45-42-39-36-27-24-21-18-15-12-9-6-3)71-65(68)59-56-53-50-47-44-41-38-35-33-31-29-26-23-20-17-14-11-8-5-2/h16-17,19-20,25-26,28-29,32-35,40-41,43-44,49-50,52-53,62H,4-15,18,21-24,27,30-31,36-39,42,45-48,51,54-61H2,1-3H3/b19-16-,20-17-,28-25-,29-26-,34-32-,35-33-,43-40-,44-41-,52-49-,53-50-/t62-/m0/s1. The van der Waals surface area contributed by atoms with E-state index in [-0.39, 0.29) is 38.0 Å². The summed E-state index contributed by atoms with van der Waals surface area (Å²) in [4.78, 5) is 38.1. The van der Waals surface area contributed by atoms with E-state index in [0.717, 1.165) is 70.6 Å². The molecule has 0 bridgehead atoms. The summed E-state index contributed by atoms with van der Waals surface area (Å²) in [5, 5.41) is 0. The monoisotopic (exact) mass is 983 g/mol. The molecule has 0 heterocycles. The number of hydrogen-bond acceptors (Lipinski definition) is 6. The van der Waals surface area contributed by atoms with Crippen molar-refractivity contribution in [3.8, 4) is 0 Å². The summed E-state index contributed by atoms with van der Waals surface area (Å²) in [6, 6.07) is 0. The number of ether oxygens (including phenoxy) is 3. The molecule has 1 atom stereocenters. The zero-order valence-corrected chi connectivity index (χ0v) is 45.9. The fraction of sp³-hybridized carbons (Fsp3) is 0.646. The van der Waals surface area contributed by atoms with Crippen LogP contribution in [0.4, 0.5) is 0 Å². The van der Waals surface area contributed by atoms with Gasteiger partial charge in [-0.15, -0.1) is 0 Å². The fourth-order valence-electron chi connectivity index (χ4n) is 7.58. The molecular formula is C65H106O6. The molecule has 0 radical (unpaired) electrons. The van der Waals surface area contributed by atoms with E-state index in [4.69, 9.17) is 14.2 Å². The number of rotatable bonds is 51. The lowest BCUT2D eigenvalue weighted by atomic mass is 10.0. The number of carbonyl (C=O) groups is 3. The molecule has 0 aliphatic heterocycles. The Kier molecular flexibility index (Phi) is 54.9. The Bertz CT molecular complexity index is 1500. The van der Waals surface area contributed by atoms with E-state index in [0.29, 0.717) is 19.3 Å². The van der Waals surface area contributed by atoms with Crippen molar-refractivity contribution in [3.05, 3.63) is 122 Å². The number of carbonyl (C=O) groups excluding carboxylic acids is 3. The van der Waals surface area contributed by atoms with E-state index in [1.807, 2.05) is 24.3 Å². The maximum absolute atomic E-state index is 12.8. The molecule has 6 heteroatoms. The van der Waals surface area contributed by atoms with Crippen molar-refractivity contribution in [2.75, 3.05) is 13.2 Å². The summed E-state index contributed by atoms with van der Waals surface area (Å²) >= 11 is 0. The molecule has 71 heavy (non-hydrogen) atoms. The molecule has 0 spiro atoms. The fourth-order valence-corrected chi connectivity index (χ4v) is 7.58. The van der Waals surface area contributed by atoms with E-state index in [2.05, 4.69) is 118 Å². The third-order valence-electron chi connectivity index (χ3n) is 12.0. The Hall–Kier alpha value is -4.19. The quantitative estimate of drug-likeness (QED) is 0.0261. The Morgan fingerprint density at radius 3 is 0.873 bits per heavy atom. The predicted octanol–water partition coefficient (Wildman–Crippen LogP) is 19.6. The Morgan fingerprint density at radius 2 is 0.535 bits per heavy atom. The van der Waals surface area contributed by atoms with Gasteiger partial charge in [-0.3, -0.25) is 14.4 Å². The van der Waals surface area contributed by atoms with Crippen molar-refractivity contribution < 1.29 is 28.6 Å². The third-order valence-corrected chi connectivity index (χ3v) is 12.0. The van der Waals surface area contributed by atoms with Gasteiger partial charge in [0, 0.05) is 19.3 Å². The predicted molar refractivity (Wildman–Crippen MR) is 306 cm³/mol. The second-order valence-corrected chi connectivity index (χ2v) is 18.8. The zero-order chi connectivity index (χ0) is 51.4. The molecule has 0 aromatic rings. The number of hydrogen-bond donors (Lipinski definition) is 0. The Balaban J connectivity index is 4.62. The van der Waals surface area contributed by atoms with Crippen molar-refractivity contribution in [3.63, 3.8) is 0 Å². The van der Waals surface area contributed by atoms with Crippen molar-refractivity contribution >= 4 is 17.9 Å². The van der Waals surface area contributed by atoms with Crippen LogP contribution in [-0.2, 0) is 28.6 Å². The van der Waals surface area contributed by atoms with Crippen molar-refractivity contribution in [2.24, 2.45) is 0 Å². The van der Waals surface area contributed by atoms with E-state index in [1.54, 1.807) is 0 Å². The van der Waals surface area contributed by atoms with E-state index >= 15 is 0 Å². The number of allylic oxidation sites excluding steroid dienone is 20. The SMILES string of the molecule is CCCCC/C=C\C/C=C\C/C=C\C/C=C\C/C=C\CCC(=O)OC[C@H](COC(=O)CCCCCCCCCCCCCCCCC)OC(=O)CC/C=C\C/C=C\C/C=C\C/C=C\C/C=C\CCCCC. The molecule has 0 saturated carbocycles. The first kappa shape index (κ1) is 66.8. The Labute approximate surface area is 437 Å². The van der Waals surface area contributed by atoms with Crippen LogP contribution in [0.5, 0.6) is 0 Å². The van der Waals surface area contributed by atoms with Crippen LogP contribution in [0.3, 0.4) is 0 Å². The second kappa shape index (κ2) is 58.4. The second-order valence-electron chi connectivity index (χ2n) is 18.8. The van der Waals surface area contributed by atoms with Gasteiger partial charge in [0.05, 0.1) is 0 Å². The molecule has 0 aliphatic carbocycles. The van der Waals surface area contributed by atoms with Crippen LogP contribution in [-0.4, -0.2) is 37.2 Å². The highest BCUT2D eigenvalue weighted by molar-refractivity contribution is 5.71. The molecule has 0 rings (SSSR count). The zero-order valence-electron chi connectivity index (χ0n) is 45.9. The van der Waals surface area contributed by atoms with Gasteiger partial charge in [-0.05, 0) is 96.3 Å². The minimum atomic E-state index is -0.850. The molecular weight excluding hydrogens is 877 g/mol. The van der Waals surface area contributed by atoms with Gasteiger partial charge in [-0.2, -0.15) is 0 Å². The average molecular weight is 984 g/mol. The molecule has 0 aromatic carbocycles. The summed E-state index contributed by atoms with van der Waals surface area (Å²) in [7, 11) is 0. The van der Waals surface area contributed by atoms with Gasteiger partial charge in [-0.1, -0.05) is 258 Å². The van der Waals surface area contributed by atoms with E-state index in [9.17, 15) is 14.4 Å². The lowest BCUT2D eigenvalue weighted by molar-refractivity contribution is -0.166. The molecule has 0 aromatic heterocycles. The first-order chi connectivity index (χ1) is 35.0. The highest BCUT2D eigenvalue weighted by Gasteiger charge is 2.19. The van der Waals surface area contributed by atoms with Gasteiger partial charge in [0.15, 0.2) is 6.10 Å². The summed E-state index contributed by atoms with van der Waals surface area (Å²) in [5.41, 5.74) is 0. The first-order valence-corrected chi connectivity index (χ1v) is 29.0. The van der Waals surface area contributed by atoms with Gasteiger partial charge in [0.1, 0.15) is 13.2 Å². The van der Waals surface area contributed by atoms with Crippen molar-refractivity contribution in [1.82, 2.24) is 0 Å². The average Bonchev–Trinajstić information content (AvgIpc) is 3.37. The number of esters is 3.